The smallest absolute Gasteiger partial charge is 0.0638 e. The molecule has 1 aliphatic heterocycles. The first-order valence-corrected chi connectivity index (χ1v) is 6.37. The fourth-order valence-electron chi connectivity index (χ4n) is 3.33. The van der Waals surface area contributed by atoms with Crippen molar-refractivity contribution in [2.75, 3.05) is 13.1 Å². The van der Waals surface area contributed by atoms with E-state index in [0.717, 1.165) is 0 Å². The van der Waals surface area contributed by atoms with E-state index >= 15 is 0 Å². The Bertz CT molecular complexity index is 238. The first-order chi connectivity index (χ1) is 7.26. The summed E-state index contributed by atoms with van der Waals surface area (Å²) < 4.78 is 0. The summed E-state index contributed by atoms with van der Waals surface area (Å²) in [5.41, 5.74) is 0.711. The van der Waals surface area contributed by atoms with E-state index in [0.29, 0.717) is 17.9 Å². The van der Waals surface area contributed by atoms with Crippen LogP contribution in [0.25, 0.3) is 0 Å². The van der Waals surface area contributed by atoms with Crippen LogP contribution < -0.4 is 0 Å². The van der Waals surface area contributed by atoms with Crippen LogP contribution in [0.5, 0.6) is 0 Å². The zero-order valence-electron chi connectivity index (χ0n) is 9.84. The maximum atomic E-state index is 8.70. The van der Waals surface area contributed by atoms with Crippen molar-refractivity contribution >= 4 is 0 Å². The van der Waals surface area contributed by atoms with Gasteiger partial charge in [-0.1, -0.05) is 12.8 Å². The van der Waals surface area contributed by atoms with Gasteiger partial charge in [-0.2, -0.15) is 5.26 Å². The Morgan fingerprint density at radius 2 is 1.80 bits per heavy atom. The van der Waals surface area contributed by atoms with Gasteiger partial charge in [0, 0.05) is 6.04 Å². The maximum Gasteiger partial charge on any atom is 0.0638 e. The SMILES string of the molecule is CC(CC#N)N1CCC2(CCCC2)CC1. The highest BCUT2D eigenvalue weighted by atomic mass is 15.2. The van der Waals surface area contributed by atoms with E-state index in [1.54, 1.807) is 0 Å². The van der Waals surface area contributed by atoms with Gasteiger partial charge in [0.15, 0.2) is 0 Å². The third kappa shape index (κ3) is 2.34. The molecule has 84 valence electrons. The predicted octanol–water partition coefficient (Wildman–Crippen LogP) is 2.94. The second-order valence-corrected chi connectivity index (χ2v) is 5.45. The molecule has 1 unspecified atom stereocenters. The number of nitriles is 1. The van der Waals surface area contributed by atoms with E-state index in [-0.39, 0.29) is 0 Å². The minimum Gasteiger partial charge on any atom is -0.300 e. The van der Waals surface area contributed by atoms with Crippen molar-refractivity contribution in [2.45, 2.75) is 57.9 Å². The number of piperidine rings is 1. The fourth-order valence-corrected chi connectivity index (χ4v) is 3.33. The monoisotopic (exact) mass is 206 g/mol. The summed E-state index contributed by atoms with van der Waals surface area (Å²) in [5, 5.41) is 8.70. The van der Waals surface area contributed by atoms with Gasteiger partial charge in [-0.25, -0.2) is 0 Å². The van der Waals surface area contributed by atoms with E-state index in [2.05, 4.69) is 17.9 Å². The number of hydrogen-bond acceptors (Lipinski definition) is 2. The van der Waals surface area contributed by atoms with Crippen molar-refractivity contribution in [1.82, 2.24) is 4.90 Å². The predicted molar refractivity (Wildman–Crippen MR) is 61.4 cm³/mol. The van der Waals surface area contributed by atoms with Gasteiger partial charge in [-0.05, 0) is 51.1 Å². The lowest BCUT2D eigenvalue weighted by Gasteiger charge is -2.41. The van der Waals surface area contributed by atoms with Crippen molar-refractivity contribution in [3.8, 4) is 6.07 Å². The van der Waals surface area contributed by atoms with Gasteiger partial charge >= 0.3 is 0 Å². The highest BCUT2D eigenvalue weighted by molar-refractivity contribution is 4.91. The normalized spacial score (nSPS) is 27.7. The highest BCUT2D eigenvalue weighted by Crippen LogP contribution is 2.46. The number of hydrogen-bond donors (Lipinski definition) is 0. The van der Waals surface area contributed by atoms with Crippen LogP contribution in [0, 0.1) is 16.7 Å². The third-order valence-corrected chi connectivity index (χ3v) is 4.53. The summed E-state index contributed by atoms with van der Waals surface area (Å²) in [6.45, 7) is 4.64. The molecule has 1 atom stereocenters. The zero-order valence-corrected chi connectivity index (χ0v) is 9.84. The van der Waals surface area contributed by atoms with Gasteiger partial charge in [0.05, 0.1) is 12.5 Å². The molecule has 1 saturated heterocycles. The first-order valence-electron chi connectivity index (χ1n) is 6.37. The van der Waals surface area contributed by atoms with Crippen molar-refractivity contribution in [1.29, 1.82) is 5.26 Å². The van der Waals surface area contributed by atoms with Crippen LogP contribution in [0.2, 0.25) is 0 Å². The average Bonchev–Trinajstić information content (AvgIpc) is 2.68. The summed E-state index contributed by atoms with van der Waals surface area (Å²) >= 11 is 0. The molecule has 1 heterocycles. The van der Waals surface area contributed by atoms with Gasteiger partial charge < -0.3 is 0 Å². The molecule has 0 aromatic heterocycles. The molecule has 0 aromatic carbocycles. The minimum absolute atomic E-state index is 0.466. The molecular formula is C13H22N2. The van der Waals surface area contributed by atoms with Crippen LogP contribution in [-0.4, -0.2) is 24.0 Å². The molecular weight excluding hydrogens is 184 g/mol. The number of rotatable bonds is 2. The molecule has 2 nitrogen and oxygen atoms in total. The molecule has 1 spiro atoms. The van der Waals surface area contributed by atoms with E-state index in [4.69, 9.17) is 5.26 Å². The molecule has 2 rings (SSSR count). The summed E-state index contributed by atoms with van der Waals surface area (Å²) in [5.74, 6) is 0. The van der Waals surface area contributed by atoms with Crippen LogP contribution in [0.3, 0.4) is 0 Å². The molecule has 1 saturated carbocycles. The van der Waals surface area contributed by atoms with Gasteiger partial charge in [0.2, 0.25) is 0 Å². The lowest BCUT2D eigenvalue weighted by Crippen LogP contribution is -2.43. The summed E-state index contributed by atoms with van der Waals surface area (Å²) in [6.07, 6.45) is 9.28. The zero-order chi connectivity index (χ0) is 10.7. The van der Waals surface area contributed by atoms with Crippen LogP contribution >= 0.6 is 0 Å². The highest BCUT2D eigenvalue weighted by Gasteiger charge is 2.37. The minimum atomic E-state index is 0.466. The van der Waals surface area contributed by atoms with Crippen molar-refractivity contribution in [2.24, 2.45) is 5.41 Å². The standard InChI is InChI=1S/C13H22N2/c1-12(4-9-14)15-10-7-13(8-11-15)5-2-3-6-13/h12H,2-8,10-11H2,1H3. The third-order valence-electron chi connectivity index (χ3n) is 4.53. The summed E-state index contributed by atoms with van der Waals surface area (Å²) in [7, 11) is 0. The van der Waals surface area contributed by atoms with E-state index in [1.807, 2.05) is 0 Å². The molecule has 2 fully saturated rings. The van der Waals surface area contributed by atoms with E-state index < -0.39 is 0 Å². The lowest BCUT2D eigenvalue weighted by molar-refractivity contribution is 0.0828. The second-order valence-electron chi connectivity index (χ2n) is 5.45. The van der Waals surface area contributed by atoms with Crippen molar-refractivity contribution in [3.05, 3.63) is 0 Å². The Morgan fingerprint density at radius 3 is 2.33 bits per heavy atom. The Kier molecular flexibility index (Phi) is 3.31. The Morgan fingerprint density at radius 1 is 1.20 bits per heavy atom. The molecule has 15 heavy (non-hydrogen) atoms. The Labute approximate surface area is 93.3 Å². The first kappa shape index (κ1) is 11.0. The maximum absolute atomic E-state index is 8.70. The van der Waals surface area contributed by atoms with Crippen LogP contribution in [-0.2, 0) is 0 Å². The largest absolute Gasteiger partial charge is 0.300 e. The fraction of sp³-hybridized carbons (Fsp3) is 0.923. The molecule has 0 bridgehead atoms. The van der Waals surface area contributed by atoms with Gasteiger partial charge in [-0.3, -0.25) is 4.90 Å². The van der Waals surface area contributed by atoms with Crippen molar-refractivity contribution in [3.63, 3.8) is 0 Å². The number of nitrogens with zero attached hydrogens (tertiary/aromatic N) is 2. The van der Waals surface area contributed by atoms with E-state index in [9.17, 15) is 0 Å². The average molecular weight is 206 g/mol. The molecule has 2 heteroatoms. The van der Waals surface area contributed by atoms with Gasteiger partial charge in [0.1, 0.15) is 0 Å². The van der Waals surface area contributed by atoms with Crippen LogP contribution in [0.4, 0.5) is 0 Å². The molecule has 0 aromatic rings. The van der Waals surface area contributed by atoms with Gasteiger partial charge in [0.25, 0.3) is 0 Å². The Hall–Kier alpha value is -0.550. The van der Waals surface area contributed by atoms with E-state index in [1.165, 1.54) is 51.6 Å². The Balaban J connectivity index is 1.84. The molecule has 1 aliphatic carbocycles. The second kappa shape index (κ2) is 4.53. The quantitative estimate of drug-likeness (QED) is 0.694. The number of likely N-dealkylation sites (tertiary alicyclic amines) is 1. The summed E-state index contributed by atoms with van der Waals surface area (Å²) in [6, 6.07) is 2.75. The molecule has 2 aliphatic rings. The van der Waals surface area contributed by atoms with Gasteiger partial charge in [-0.15, -0.1) is 0 Å². The lowest BCUT2D eigenvalue weighted by atomic mass is 9.77. The molecule has 0 N–H and O–H groups in total. The van der Waals surface area contributed by atoms with Crippen LogP contribution in [0.15, 0.2) is 0 Å². The molecule has 0 amide bonds. The molecule has 0 radical (unpaired) electrons. The van der Waals surface area contributed by atoms with Crippen LogP contribution in [0.1, 0.15) is 51.9 Å². The van der Waals surface area contributed by atoms with Crippen molar-refractivity contribution < 1.29 is 0 Å². The topological polar surface area (TPSA) is 27.0 Å². The summed E-state index contributed by atoms with van der Waals surface area (Å²) in [4.78, 5) is 2.51.